The van der Waals surface area contributed by atoms with Crippen molar-refractivity contribution in [3.05, 3.63) is 108 Å². The quantitative estimate of drug-likeness (QED) is 0.417. The topological polar surface area (TPSA) is 93.5 Å². The third kappa shape index (κ3) is 4.83. The number of aryl methyl sites for hydroxylation is 1. The summed E-state index contributed by atoms with van der Waals surface area (Å²) in [4.78, 5) is 17.5. The van der Waals surface area contributed by atoms with Crippen LogP contribution in [0, 0.1) is 6.92 Å². The third-order valence-corrected chi connectivity index (χ3v) is 7.80. The minimum absolute atomic E-state index is 0.111. The average Bonchev–Trinajstić information content (AvgIpc) is 3.32. The first-order valence-electron chi connectivity index (χ1n) is 11.6. The number of anilines is 1. The van der Waals surface area contributed by atoms with Gasteiger partial charge in [-0.25, -0.2) is 13.4 Å². The molecule has 3 aromatic carbocycles. The first-order chi connectivity index (χ1) is 17.4. The van der Waals surface area contributed by atoms with Crippen LogP contribution in [0.3, 0.4) is 0 Å². The Balaban J connectivity index is 1.36. The fourth-order valence-electron chi connectivity index (χ4n) is 4.29. The molecule has 9 heteroatoms. The van der Waals surface area contributed by atoms with Crippen LogP contribution in [0.5, 0.6) is 5.75 Å². The smallest absolute Gasteiger partial charge is 0.263 e. The van der Waals surface area contributed by atoms with E-state index in [1.807, 2.05) is 48.0 Å². The Morgan fingerprint density at radius 3 is 2.44 bits per heavy atom. The van der Waals surface area contributed by atoms with Crippen molar-refractivity contribution in [1.29, 1.82) is 0 Å². The van der Waals surface area contributed by atoms with Crippen LogP contribution in [-0.2, 0) is 27.1 Å². The van der Waals surface area contributed by atoms with Crippen LogP contribution in [-0.4, -0.2) is 36.5 Å². The maximum absolute atomic E-state index is 13.4. The Hall–Kier alpha value is -4.11. The number of carbonyl (C=O) groups is 1. The van der Waals surface area contributed by atoms with Crippen LogP contribution in [0.15, 0.2) is 91.3 Å². The van der Waals surface area contributed by atoms with Crippen molar-refractivity contribution in [2.75, 3.05) is 10.8 Å². The summed E-state index contributed by atoms with van der Waals surface area (Å²) in [6.07, 6.45) is 2.60. The fraction of sp³-hybridized carbons (Fsp3) is 0.185. The zero-order valence-electron chi connectivity index (χ0n) is 19.7. The number of ether oxygens (including phenoxy) is 1. The lowest BCUT2D eigenvalue weighted by Crippen LogP contribution is -2.50. The first-order valence-corrected chi connectivity index (χ1v) is 13.2. The predicted molar refractivity (Wildman–Crippen MR) is 137 cm³/mol. The molecule has 1 aliphatic rings. The van der Waals surface area contributed by atoms with Gasteiger partial charge in [-0.3, -0.25) is 9.10 Å². The van der Waals surface area contributed by atoms with Crippen LogP contribution < -0.4 is 14.4 Å². The molecule has 1 N–H and O–H groups in total. The van der Waals surface area contributed by atoms with E-state index < -0.39 is 16.1 Å². The number of sulfonamides is 1. The van der Waals surface area contributed by atoms with Crippen molar-refractivity contribution in [2.24, 2.45) is 0 Å². The van der Waals surface area contributed by atoms with Crippen LogP contribution in [0.1, 0.15) is 17.0 Å². The van der Waals surface area contributed by atoms with E-state index in [9.17, 15) is 13.2 Å². The van der Waals surface area contributed by atoms with E-state index in [2.05, 4.69) is 10.3 Å². The largest absolute Gasteiger partial charge is 0.476 e. The minimum Gasteiger partial charge on any atom is -0.476 e. The lowest BCUT2D eigenvalue weighted by molar-refractivity contribution is -0.127. The lowest BCUT2D eigenvalue weighted by Gasteiger charge is -2.34. The van der Waals surface area contributed by atoms with Gasteiger partial charge in [0.25, 0.3) is 5.91 Å². The molecule has 0 saturated heterocycles. The summed E-state index contributed by atoms with van der Waals surface area (Å²) in [5.41, 5.74) is 2.92. The summed E-state index contributed by atoms with van der Waals surface area (Å²) in [5.74, 6) is 0.630. The highest BCUT2D eigenvalue weighted by Crippen LogP contribution is 2.35. The Kier molecular flexibility index (Phi) is 6.47. The van der Waals surface area contributed by atoms with Crippen molar-refractivity contribution >= 4 is 21.6 Å². The molecule has 0 fully saturated rings. The van der Waals surface area contributed by atoms with Crippen molar-refractivity contribution in [2.45, 2.75) is 25.3 Å². The second-order valence-corrected chi connectivity index (χ2v) is 10.4. The summed E-state index contributed by atoms with van der Waals surface area (Å²) in [5, 5.41) is 2.92. The van der Waals surface area contributed by atoms with Crippen molar-refractivity contribution in [3.63, 3.8) is 0 Å². The van der Waals surface area contributed by atoms with E-state index in [0.29, 0.717) is 17.0 Å². The Morgan fingerprint density at radius 1 is 1.00 bits per heavy atom. The van der Waals surface area contributed by atoms with Gasteiger partial charge in [0.15, 0.2) is 6.10 Å². The summed E-state index contributed by atoms with van der Waals surface area (Å²) in [6.45, 7) is 2.05. The van der Waals surface area contributed by atoms with Gasteiger partial charge in [0.2, 0.25) is 10.0 Å². The maximum atomic E-state index is 13.4. The SMILES string of the molecule is Cc1nccn1-c1ccccc1CNC(=O)[C@H]1CN(S(=O)(=O)Cc2ccccc2)c2ccccc2O1. The molecule has 1 aromatic heterocycles. The van der Waals surface area contributed by atoms with E-state index in [1.165, 1.54) is 4.31 Å². The molecule has 8 nitrogen and oxygen atoms in total. The monoisotopic (exact) mass is 502 g/mol. The summed E-state index contributed by atoms with van der Waals surface area (Å²) >= 11 is 0. The molecule has 1 amide bonds. The van der Waals surface area contributed by atoms with Crippen LogP contribution in [0.4, 0.5) is 5.69 Å². The fourth-order valence-corrected chi connectivity index (χ4v) is 5.87. The van der Waals surface area contributed by atoms with E-state index in [0.717, 1.165) is 17.1 Å². The number of hydrogen-bond acceptors (Lipinski definition) is 5. The maximum Gasteiger partial charge on any atom is 0.263 e. The molecule has 184 valence electrons. The molecule has 0 aliphatic carbocycles. The zero-order valence-corrected chi connectivity index (χ0v) is 20.6. The molecule has 0 unspecified atom stereocenters. The number of para-hydroxylation sites is 3. The summed E-state index contributed by atoms with van der Waals surface area (Å²) < 4.78 is 36.0. The second-order valence-electron chi connectivity index (χ2n) is 8.54. The molecule has 5 rings (SSSR count). The Labute approximate surface area is 210 Å². The zero-order chi connectivity index (χ0) is 25.1. The molecular formula is C27H26N4O4S. The second kappa shape index (κ2) is 9.87. The van der Waals surface area contributed by atoms with Gasteiger partial charge in [0.05, 0.1) is 23.7 Å². The first kappa shape index (κ1) is 23.6. The van der Waals surface area contributed by atoms with Crippen LogP contribution in [0.25, 0.3) is 5.69 Å². The highest BCUT2D eigenvalue weighted by atomic mass is 32.2. The summed E-state index contributed by atoms with van der Waals surface area (Å²) in [6, 6.07) is 23.6. The molecule has 1 aliphatic heterocycles. The van der Waals surface area contributed by atoms with Gasteiger partial charge in [-0.2, -0.15) is 0 Å². The number of nitrogens with one attached hydrogen (secondary N) is 1. The van der Waals surface area contributed by atoms with E-state index >= 15 is 0 Å². The van der Waals surface area contributed by atoms with Gasteiger partial charge in [-0.15, -0.1) is 0 Å². The highest BCUT2D eigenvalue weighted by molar-refractivity contribution is 7.92. The molecule has 2 heterocycles. The van der Waals surface area contributed by atoms with Gasteiger partial charge < -0.3 is 14.6 Å². The number of hydrogen-bond donors (Lipinski definition) is 1. The van der Waals surface area contributed by atoms with Gasteiger partial charge in [-0.05, 0) is 36.2 Å². The molecule has 0 saturated carbocycles. The number of fused-ring (bicyclic) bond motifs is 1. The Morgan fingerprint density at radius 2 is 1.69 bits per heavy atom. The molecule has 36 heavy (non-hydrogen) atoms. The van der Waals surface area contributed by atoms with Gasteiger partial charge in [0, 0.05) is 18.9 Å². The highest BCUT2D eigenvalue weighted by Gasteiger charge is 2.36. The van der Waals surface area contributed by atoms with Crippen molar-refractivity contribution < 1.29 is 17.9 Å². The molecule has 0 radical (unpaired) electrons. The number of benzene rings is 3. The van der Waals surface area contributed by atoms with E-state index in [4.69, 9.17) is 4.74 Å². The van der Waals surface area contributed by atoms with Gasteiger partial charge in [-0.1, -0.05) is 60.7 Å². The Bertz CT molecular complexity index is 1480. The van der Waals surface area contributed by atoms with E-state index in [1.54, 1.807) is 54.7 Å². The number of amides is 1. The number of rotatable bonds is 7. The molecular weight excluding hydrogens is 476 g/mol. The predicted octanol–water partition coefficient (Wildman–Crippen LogP) is 3.59. The van der Waals surface area contributed by atoms with Crippen molar-refractivity contribution in [3.8, 4) is 11.4 Å². The molecule has 4 aromatic rings. The number of nitrogens with zero attached hydrogens (tertiary/aromatic N) is 3. The average molecular weight is 503 g/mol. The van der Waals surface area contributed by atoms with E-state index in [-0.39, 0.29) is 24.7 Å². The number of carbonyl (C=O) groups excluding carboxylic acids is 1. The molecule has 0 spiro atoms. The standard InChI is InChI=1S/C27H26N4O4S/c1-20-28-15-16-30(20)23-12-6-5-11-22(23)17-29-27(32)26-18-31(24-13-7-8-14-25(24)35-26)36(33,34)19-21-9-3-2-4-10-21/h2-16,26H,17-19H2,1H3,(H,29,32)/t26-/m1/s1. The number of imidazole rings is 1. The normalized spacial score (nSPS) is 15.1. The summed E-state index contributed by atoms with van der Waals surface area (Å²) in [7, 11) is -3.76. The third-order valence-electron chi connectivity index (χ3n) is 6.08. The minimum atomic E-state index is -3.76. The van der Waals surface area contributed by atoms with Crippen LogP contribution in [0.2, 0.25) is 0 Å². The van der Waals surface area contributed by atoms with Gasteiger partial charge >= 0.3 is 0 Å². The molecule has 1 atom stereocenters. The lowest BCUT2D eigenvalue weighted by atomic mass is 10.1. The van der Waals surface area contributed by atoms with Crippen LogP contribution >= 0.6 is 0 Å². The van der Waals surface area contributed by atoms with Gasteiger partial charge in [0.1, 0.15) is 11.6 Å². The number of aromatic nitrogens is 2. The molecule has 0 bridgehead atoms. The van der Waals surface area contributed by atoms with Crippen molar-refractivity contribution in [1.82, 2.24) is 14.9 Å².